The van der Waals surface area contributed by atoms with Crippen molar-refractivity contribution in [1.82, 2.24) is 0 Å². The Balaban J connectivity index is 1.98. The van der Waals surface area contributed by atoms with Crippen molar-refractivity contribution in [3.05, 3.63) is 0 Å². The largest absolute Gasteiger partial charge is 0.299 e. The molecular formula is C11H16O3S. The molecule has 3 rings (SSSR count). The zero-order valence-corrected chi connectivity index (χ0v) is 9.72. The van der Waals surface area contributed by atoms with Gasteiger partial charge in [-0.15, -0.1) is 0 Å². The van der Waals surface area contributed by atoms with Gasteiger partial charge in [-0.05, 0) is 30.1 Å². The smallest absolute Gasteiger partial charge is 0.150 e. The van der Waals surface area contributed by atoms with Gasteiger partial charge in [0, 0.05) is 12.3 Å². The summed E-state index contributed by atoms with van der Waals surface area (Å²) in [5.41, 5.74) is 0.0174. The van der Waals surface area contributed by atoms with E-state index in [0.717, 1.165) is 12.8 Å². The Morgan fingerprint density at radius 1 is 1.33 bits per heavy atom. The molecule has 0 spiro atoms. The molecule has 3 nitrogen and oxygen atoms in total. The highest BCUT2D eigenvalue weighted by molar-refractivity contribution is 7.91. The number of hydrogen-bond donors (Lipinski definition) is 0. The molecule has 3 aliphatic rings. The van der Waals surface area contributed by atoms with Crippen LogP contribution in [0.2, 0.25) is 0 Å². The first kappa shape index (κ1) is 9.82. The molecule has 2 saturated carbocycles. The van der Waals surface area contributed by atoms with E-state index in [0.29, 0.717) is 18.0 Å². The van der Waals surface area contributed by atoms with E-state index < -0.39 is 9.84 Å². The van der Waals surface area contributed by atoms with Crippen LogP contribution < -0.4 is 0 Å². The van der Waals surface area contributed by atoms with Crippen LogP contribution in [0.4, 0.5) is 0 Å². The van der Waals surface area contributed by atoms with E-state index in [1.54, 1.807) is 0 Å². The predicted molar refractivity (Wildman–Crippen MR) is 56.1 cm³/mol. The van der Waals surface area contributed by atoms with Gasteiger partial charge in [-0.1, -0.05) is 6.92 Å². The Hall–Kier alpha value is -0.380. The third-order valence-electron chi connectivity index (χ3n) is 4.87. The van der Waals surface area contributed by atoms with Gasteiger partial charge in [-0.25, -0.2) is 8.42 Å². The Bertz CT molecular complexity index is 425. The molecule has 0 N–H and O–H groups in total. The molecule has 0 aromatic rings. The predicted octanol–water partition coefficient (Wildman–Crippen LogP) is 1.04. The Kier molecular flexibility index (Phi) is 1.73. The topological polar surface area (TPSA) is 51.2 Å². The number of carbonyl (C=O) groups excluding carboxylic acids is 1. The highest BCUT2D eigenvalue weighted by Crippen LogP contribution is 2.64. The van der Waals surface area contributed by atoms with Crippen LogP contribution in [0, 0.1) is 23.2 Å². The van der Waals surface area contributed by atoms with Crippen LogP contribution in [-0.2, 0) is 14.6 Å². The van der Waals surface area contributed by atoms with Crippen LogP contribution in [0.3, 0.4) is 0 Å². The quantitative estimate of drug-likeness (QED) is 0.622. The monoisotopic (exact) mass is 228 g/mol. The van der Waals surface area contributed by atoms with Gasteiger partial charge in [0.15, 0.2) is 9.84 Å². The molecule has 2 aliphatic carbocycles. The van der Waals surface area contributed by atoms with Crippen LogP contribution in [0.5, 0.6) is 0 Å². The maximum Gasteiger partial charge on any atom is 0.150 e. The first-order chi connectivity index (χ1) is 6.94. The average Bonchev–Trinajstić information content (AvgIpc) is 2.39. The fourth-order valence-corrected chi connectivity index (χ4v) is 6.55. The molecule has 15 heavy (non-hydrogen) atoms. The van der Waals surface area contributed by atoms with Crippen molar-refractivity contribution in [2.75, 3.05) is 11.5 Å². The van der Waals surface area contributed by atoms with Crippen molar-refractivity contribution in [2.24, 2.45) is 23.2 Å². The summed E-state index contributed by atoms with van der Waals surface area (Å²) >= 11 is 0. The molecule has 0 aromatic heterocycles. The maximum atomic E-state index is 11.8. The normalized spacial score (nSPS) is 51.8. The van der Waals surface area contributed by atoms with Crippen molar-refractivity contribution >= 4 is 15.6 Å². The minimum Gasteiger partial charge on any atom is -0.299 e. The SMILES string of the molecule is C[C@@]12CCCC(=O)[C@H]1[C@@H]1CS(=O)(=O)C[C@@H]12. The number of fused-ring (bicyclic) bond motifs is 4. The molecule has 1 aliphatic heterocycles. The lowest BCUT2D eigenvalue weighted by molar-refractivity contribution is -0.157. The van der Waals surface area contributed by atoms with Crippen LogP contribution in [0.15, 0.2) is 0 Å². The van der Waals surface area contributed by atoms with E-state index in [1.807, 2.05) is 0 Å². The van der Waals surface area contributed by atoms with Gasteiger partial charge in [0.25, 0.3) is 0 Å². The highest BCUT2D eigenvalue weighted by Gasteiger charge is 2.66. The van der Waals surface area contributed by atoms with E-state index in [9.17, 15) is 13.2 Å². The Labute approximate surface area is 90.2 Å². The summed E-state index contributed by atoms with van der Waals surface area (Å²) in [6.07, 6.45) is 2.67. The fraction of sp³-hybridized carbons (Fsp3) is 0.909. The van der Waals surface area contributed by atoms with E-state index in [2.05, 4.69) is 6.92 Å². The van der Waals surface area contributed by atoms with E-state index >= 15 is 0 Å². The number of sulfone groups is 1. The average molecular weight is 228 g/mol. The van der Waals surface area contributed by atoms with Gasteiger partial charge in [-0.3, -0.25) is 4.79 Å². The third kappa shape index (κ3) is 1.11. The van der Waals surface area contributed by atoms with Crippen LogP contribution >= 0.6 is 0 Å². The molecule has 0 radical (unpaired) electrons. The van der Waals surface area contributed by atoms with Gasteiger partial charge in [-0.2, -0.15) is 0 Å². The van der Waals surface area contributed by atoms with Crippen molar-refractivity contribution in [3.63, 3.8) is 0 Å². The third-order valence-corrected chi connectivity index (χ3v) is 6.63. The van der Waals surface area contributed by atoms with Crippen LogP contribution in [-0.4, -0.2) is 25.7 Å². The van der Waals surface area contributed by atoms with Gasteiger partial charge in [0.2, 0.25) is 0 Å². The summed E-state index contributed by atoms with van der Waals surface area (Å²) in [5.74, 6) is 1.42. The second kappa shape index (κ2) is 2.65. The molecular weight excluding hydrogens is 212 g/mol. The molecule has 0 unspecified atom stereocenters. The molecule has 1 heterocycles. The molecule has 4 heteroatoms. The number of ketones is 1. The summed E-state index contributed by atoms with van der Waals surface area (Å²) in [7, 11) is -2.85. The number of rotatable bonds is 0. The summed E-state index contributed by atoms with van der Waals surface area (Å²) in [6.45, 7) is 2.12. The van der Waals surface area contributed by atoms with Gasteiger partial charge in [0.1, 0.15) is 5.78 Å². The van der Waals surface area contributed by atoms with Gasteiger partial charge < -0.3 is 0 Å². The first-order valence-corrected chi connectivity index (χ1v) is 7.49. The Morgan fingerprint density at radius 2 is 2.07 bits per heavy atom. The van der Waals surface area contributed by atoms with Crippen molar-refractivity contribution in [3.8, 4) is 0 Å². The van der Waals surface area contributed by atoms with Crippen molar-refractivity contribution < 1.29 is 13.2 Å². The van der Waals surface area contributed by atoms with Crippen molar-refractivity contribution in [1.29, 1.82) is 0 Å². The van der Waals surface area contributed by atoms with Crippen LogP contribution in [0.25, 0.3) is 0 Å². The maximum absolute atomic E-state index is 11.8. The van der Waals surface area contributed by atoms with Gasteiger partial charge in [0.05, 0.1) is 11.5 Å². The summed E-state index contributed by atoms with van der Waals surface area (Å²) < 4.78 is 23.1. The highest BCUT2D eigenvalue weighted by atomic mass is 32.2. The zero-order chi connectivity index (χ0) is 10.8. The van der Waals surface area contributed by atoms with E-state index in [4.69, 9.17) is 0 Å². The van der Waals surface area contributed by atoms with Gasteiger partial charge >= 0.3 is 0 Å². The molecule has 3 fully saturated rings. The number of Topliss-reactive ketones (excluding diaryl/α,β-unsaturated/α-hetero) is 1. The summed E-state index contributed by atoms with van der Waals surface area (Å²) in [4.78, 5) is 11.8. The fourth-order valence-electron chi connectivity index (χ4n) is 4.23. The first-order valence-electron chi connectivity index (χ1n) is 5.67. The van der Waals surface area contributed by atoms with E-state index in [1.165, 1.54) is 0 Å². The second-order valence-electron chi connectivity index (χ2n) is 5.65. The zero-order valence-electron chi connectivity index (χ0n) is 8.90. The molecule has 4 atom stereocenters. The summed E-state index contributed by atoms with van der Waals surface area (Å²) in [5, 5.41) is 0. The molecule has 0 bridgehead atoms. The lowest BCUT2D eigenvalue weighted by Crippen LogP contribution is -2.59. The molecule has 1 saturated heterocycles. The standard InChI is InChI=1S/C11H16O3S/c1-11-4-2-3-9(12)10(11)7-5-15(13,14)6-8(7)11/h7-8,10H,2-6H2,1H3/t7-,8+,10-,11+/m1/s1. The molecule has 0 amide bonds. The van der Waals surface area contributed by atoms with E-state index in [-0.39, 0.29) is 28.9 Å². The molecule has 0 aromatic carbocycles. The summed E-state index contributed by atoms with van der Waals surface area (Å²) in [6, 6.07) is 0. The minimum absolute atomic E-state index is 0.0174. The lowest BCUT2D eigenvalue weighted by Gasteiger charge is -2.58. The minimum atomic E-state index is -2.85. The number of hydrogen-bond acceptors (Lipinski definition) is 3. The Morgan fingerprint density at radius 3 is 2.80 bits per heavy atom. The number of carbonyl (C=O) groups is 1. The molecule has 84 valence electrons. The van der Waals surface area contributed by atoms with Crippen LogP contribution in [0.1, 0.15) is 26.2 Å². The van der Waals surface area contributed by atoms with Crippen molar-refractivity contribution in [2.45, 2.75) is 26.2 Å². The lowest BCUT2D eigenvalue weighted by atomic mass is 9.44. The second-order valence-corrected chi connectivity index (χ2v) is 7.80.